The summed E-state index contributed by atoms with van der Waals surface area (Å²) in [7, 11) is 2.29. The van der Waals surface area contributed by atoms with Crippen LogP contribution in [0, 0.1) is 17.8 Å². The lowest BCUT2D eigenvalue weighted by Crippen LogP contribution is -3.13. The summed E-state index contributed by atoms with van der Waals surface area (Å²) in [5.74, 6) is 0.581. The van der Waals surface area contributed by atoms with Crippen molar-refractivity contribution in [2.75, 3.05) is 7.05 Å². The Morgan fingerprint density at radius 1 is 0.800 bits per heavy atom. The van der Waals surface area contributed by atoms with Crippen LogP contribution < -0.4 is 4.90 Å². The van der Waals surface area contributed by atoms with Gasteiger partial charge >= 0.3 is 0 Å². The highest BCUT2D eigenvalue weighted by Crippen LogP contribution is 2.47. The Morgan fingerprint density at radius 3 is 1.48 bits per heavy atom. The first-order valence-corrected chi connectivity index (χ1v) is 9.54. The molecule has 0 bridgehead atoms. The highest BCUT2D eigenvalue weighted by Gasteiger charge is 2.57. The van der Waals surface area contributed by atoms with Crippen molar-refractivity contribution in [3.8, 4) is 0 Å². The van der Waals surface area contributed by atoms with Crippen LogP contribution in [-0.2, 0) is 0 Å². The standard InChI is InChI=1S/C23H31NO/c1-16(2)23(25)17(3)21(19-12-8-6-9-13-19)24(5)22(18(23)4)20-14-10-7-11-15-20/h6-18,21-22,25H,1-5H3/p+1/t17-,18-,21-,22+,23?/m0/s1. The number of likely N-dealkylation sites (tertiary alicyclic amines) is 1. The zero-order chi connectivity index (χ0) is 18.2. The lowest BCUT2D eigenvalue weighted by Gasteiger charge is -2.55. The van der Waals surface area contributed by atoms with Crippen LogP contribution in [0.5, 0.6) is 0 Å². The summed E-state index contributed by atoms with van der Waals surface area (Å²) in [5, 5.41) is 11.9. The van der Waals surface area contributed by atoms with Crippen molar-refractivity contribution in [3.63, 3.8) is 0 Å². The van der Waals surface area contributed by atoms with Crippen LogP contribution in [-0.4, -0.2) is 17.8 Å². The quantitative estimate of drug-likeness (QED) is 0.877. The Morgan fingerprint density at radius 2 is 1.16 bits per heavy atom. The van der Waals surface area contributed by atoms with Gasteiger partial charge in [-0.2, -0.15) is 0 Å². The summed E-state index contributed by atoms with van der Waals surface area (Å²) in [5.41, 5.74) is 1.94. The van der Waals surface area contributed by atoms with E-state index < -0.39 is 5.60 Å². The van der Waals surface area contributed by atoms with Crippen LogP contribution in [0.15, 0.2) is 60.7 Å². The number of rotatable bonds is 3. The van der Waals surface area contributed by atoms with Crippen LogP contribution >= 0.6 is 0 Å². The van der Waals surface area contributed by atoms with Gasteiger partial charge < -0.3 is 10.0 Å². The highest BCUT2D eigenvalue weighted by atomic mass is 16.3. The molecule has 1 saturated heterocycles. The maximum atomic E-state index is 11.9. The lowest BCUT2D eigenvalue weighted by atomic mass is 9.61. The van der Waals surface area contributed by atoms with E-state index in [4.69, 9.17) is 0 Å². The molecule has 2 nitrogen and oxygen atoms in total. The van der Waals surface area contributed by atoms with Gasteiger partial charge in [-0.05, 0) is 5.92 Å². The molecular weight excluding hydrogens is 306 g/mol. The second-order valence-corrected chi connectivity index (χ2v) is 8.14. The largest absolute Gasteiger partial charge is 0.389 e. The van der Waals surface area contributed by atoms with E-state index in [1.54, 1.807) is 0 Å². The Labute approximate surface area is 152 Å². The maximum Gasteiger partial charge on any atom is 0.119 e. The van der Waals surface area contributed by atoms with Crippen molar-refractivity contribution in [2.45, 2.75) is 45.4 Å². The number of aliphatic hydroxyl groups is 1. The normalized spacial score (nSPS) is 35.7. The van der Waals surface area contributed by atoms with E-state index >= 15 is 0 Å². The number of hydrogen-bond acceptors (Lipinski definition) is 1. The molecule has 134 valence electrons. The number of piperidine rings is 1. The molecule has 3 rings (SSSR count). The first-order chi connectivity index (χ1) is 11.9. The fourth-order valence-electron chi connectivity index (χ4n) is 5.41. The molecule has 0 radical (unpaired) electrons. The van der Waals surface area contributed by atoms with Crippen LogP contribution in [0.2, 0.25) is 0 Å². The van der Waals surface area contributed by atoms with Gasteiger partial charge in [0.05, 0.1) is 12.6 Å². The Kier molecular flexibility index (Phi) is 5.04. The molecule has 2 N–H and O–H groups in total. The predicted molar refractivity (Wildman–Crippen MR) is 103 cm³/mol. The average molecular weight is 339 g/mol. The third-order valence-corrected chi connectivity index (χ3v) is 6.68. The Hall–Kier alpha value is -1.64. The fraction of sp³-hybridized carbons (Fsp3) is 0.478. The van der Waals surface area contributed by atoms with Gasteiger partial charge in [-0.3, -0.25) is 0 Å². The van der Waals surface area contributed by atoms with Gasteiger partial charge in [-0.15, -0.1) is 0 Å². The van der Waals surface area contributed by atoms with Gasteiger partial charge in [0.25, 0.3) is 0 Å². The minimum Gasteiger partial charge on any atom is -0.389 e. The van der Waals surface area contributed by atoms with E-state index in [9.17, 15) is 5.11 Å². The molecule has 2 unspecified atom stereocenters. The Bertz CT molecular complexity index is 628. The molecular formula is C23H32NO+. The number of nitrogens with one attached hydrogen (secondary N) is 1. The van der Waals surface area contributed by atoms with Gasteiger partial charge in [0.15, 0.2) is 0 Å². The monoisotopic (exact) mass is 338 g/mol. The predicted octanol–water partition coefficient (Wildman–Crippen LogP) is 3.66. The summed E-state index contributed by atoms with van der Waals surface area (Å²) in [6.45, 7) is 8.80. The van der Waals surface area contributed by atoms with E-state index in [0.717, 1.165) is 0 Å². The smallest absolute Gasteiger partial charge is 0.119 e. The van der Waals surface area contributed by atoms with Crippen molar-refractivity contribution in [1.29, 1.82) is 0 Å². The third-order valence-electron chi connectivity index (χ3n) is 6.68. The van der Waals surface area contributed by atoms with Crippen molar-refractivity contribution in [2.24, 2.45) is 17.8 Å². The number of benzene rings is 2. The van der Waals surface area contributed by atoms with Crippen LogP contribution in [0.4, 0.5) is 0 Å². The number of quaternary nitrogens is 1. The van der Waals surface area contributed by atoms with Crippen LogP contribution in [0.25, 0.3) is 0 Å². The summed E-state index contributed by atoms with van der Waals surface area (Å²) in [4.78, 5) is 1.47. The number of hydrogen-bond donors (Lipinski definition) is 2. The molecule has 0 aromatic heterocycles. The summed E-state index contributed by atoms with van der Waals surface area (Å²) in [6.07, 6.45) is 0. The molecule has 0 amide bonds. The lowest BCUT2D eigenvalue weighted by molar-refractivity contribution is -0.962. The molecule has 1 heterocycles. The molecule has 0 spiro atoms. The molecule has 2 heteroatoms. The van der Waals surface area contributed by atoms with Gasteiger partial charge in [0.2, 0.25) is 0 Å². The minimum absolute atomic E-state index is 0.185. The van der Waals surface area contributed by atoms with Crippen molar-refractivity contribution in [3.05, 3.63) is 71.8 Å². The van der Waals surface area contributed by atoms with Crippen LogP contribution in [0.3, 0.4) is 0 Å². The molecule has 6 atom stereocenters. The van der Waals surface area contributed by atoms with E-state index in [0.29, 0.717) is 0 Å². The van der Waals surface area contributed by atoms with Gasteiger partial charge in [0.1, 0.15) is 12.1 Å². The van der Waals surface area contributed by atoms with Crippen molar-refractivity contribution < 1.29 is 10.0 Å². The summed E-state index contributed by atoms with van der Waals surface area (Å²) in [6, 6.07) is 22.0. The summed E-state index contributed by atoms with van der Waals surface area (Å²) >= 11 is 0. The fourth-order valence-corrected chi connectivity index (χ4v) is 5.41. The second kappa shape index (κ2) is 6.93. The molecule has 25 heavy (non-hydrogen) atoms. The van der Waals surface area contributed by atoms with Gasteiger partial charge in [0, 0.05) is 23.0 Å². The summed E-state index contributed by atoms with van der Waals surface area (Å²) < 4.78 is 0. The van der Waals surface area contributed by atoms with Crippen LogP contribution in [0.1, 0.15) is 50.9 Å². The van der Waals surface area contributed by atoms with E-state index in [1.165, 1.54) is 16.0 Å². The van der Waals surface area contributed by atoms with E-state index in [-0.39, 0.29) is 29.8 Å². The molecule has 2 aromatic rings. The van der Waals surface area contributed by atoms with Crippen molar-refractivity contribution in [1.82, 2.24) is 0 Å². The maximum absolute atomic E-state index is 11.9. The zero-order valence-electron chi connectivity index (χ0n) is 16.1. The highest BCUT2D eigenvalue weighted by molar-refractivity contribution is 5.24. The third kappa shape index (κ3) is 2.92. The molecule has 2 aromatic carbocycles. The molecule has 1 aliphatic heterocycles. The average Bonchev–Trinajstić information content (AvgIpc) is 2.62. The first kappa shape index (κ1) is 18.2. The van der Waals surface area contributed by atoms with E-state index in [1.807, 2.05) is 0 Å². The minimum atomic E-state index is -0.694. The van der Waals surface area contributed by atoms with E-state index in [2.05, 4.69) is 95.4 Å². The molecule has 0 saturated carbocycles. The Balaban J connectivity index is 2.13. The first-order valence-electron chi connectivity index (χ1n) is 9.54. The zero-order valence-corrected chi connectivity index (χ0v) is 16.1. The second-order valence-electron chi connectivity index (χ2n) is 8.14. The SMILES string of the molecule is CC(C)C1(O)[C@@H](C)[C@@H](c2ccccc2)[NH+](C)[C@@H](c2ccccc2)[C@@H]1C. The molecule has 0 aliphatic carbocycles. The van der Waals surface area contributed by atoms with Gasteiger partial charge in [-0.1, -0.05) is 88.4 Å². The molecule has 1 aliphatic rings. The van der Waals surface area contributed by atoms with Crippen molar-refractivity contribution >= 4 is 0 Å². The van der Waals surface area contributed by atoms with Gasteiger partial charge in [-0.25, -0.2) is 0 Å². The topological polar surface area (TPSA) is 24.7 Å². The molecule has 1 fully saturated rings.